The molecule has 0 aliphatic carbocycles. The zero-order valence-corrected chi connectivity index (χ0v) is 15.1. The molecule has 0 aromatic carbocycles. The first-order valence-electron chi connectivity index (χ1n) is 9.46. The van der Waals surface area contributed by atoms with Crippen molar-refractivity contribution in [2.75, 3.05) is 0 Å². The first-order valence-corrected chi connectivity index (χ1v) is 9.46. The van der Waals surface area contributed by atoms with Crippen LogP contribution in [0.15, 0.2) is 6.33 Å². The van der Waals surface area contributed by atoms with Crippen LogP contribution < -0.4 is 0 Å². The Bertz CT molecular complexity index is 350. The Morgan fingerprint density at radius 3 is 1.82 bits per heavy atom. The fraction of sp³-hybridized carbons (Fsp3) is 0.944. The normalized spacial score (nSPS) is 14.1. The molecular weight excluding hydrogens is 272 g/mol. The third kappa shape index (κ3) is 7.37. The van der Waals surface area contributed by atoms with Crippen molar-refractivity contribution < 1.29 is 0 Å². The average Bonchev–Trinajstić information content (AvgIpc) is 3.07. The second-order valence-corrected chi connectivity index (χ2v) is 6.89. The molecule has 0 aliphatic rings. The molecule has 1 rings (SSSR count). The largest absolute Gasteiger partial charge is 0.227 e. The summed E-state index contributed by atoms with van der Waals surface area (Å²) in [5.41, 5.74) is 0.0861. The van der Waals surface area contributed by atoms with Gasteiger partial charge in [0.1, 0.15) is 6.33 Å². The second kappa shape index (κ2) is 11.6. The zero-order valence-electron chi connectivity index (χ0n) is 15.1. The molecule has 0 saturated carbocycles. The Kier molecular flexibility index (Phi) is 10.1. The maximum atomic E-state index is 4.08. The van der Waals surface area contributed by atoms with Crippen molar-refractivity contribution in [1.29, 1.82) is 0 Å². The van der Waals surface area contributed by atoms with Crippen LogP contribution in [-0.2, 0) is 5.54 Å². The van der Waals surface area contributed by atoms with Gasteiger partial charge in [-0.2, -0.15) is 0 Å². The lowest BCUT2D eigenvalue weighted by atomic mass is 9.91. The summed E-state index contributed by atoms with van der Waals surface area (Å²) >= 11 is 0. The fourth-order valence-electron chi connectivity index (χ4n) is 3.03. The van der Waals surface area contributed by atoms with E-state index >= 15 is 0 Å². The highest BCUT2D eigenvalue weighted by Gasteiger charge is 2.24. The number of hydrogen-bond acceptors (Lipinski definition) is 3. The molecule has 1 aromatic heterocycles. The summed E-state index contributed by atoms with van der Waals surface area (Å²) in [5, 5.41) is 11.6. The molecule has 22 heavy (non-hydrogen) atoms. The summed E-state index contributed by atoms with van der Waals surface area (Å²) < 4.78 is 1.93. The predicted molar refractivity (Wildman–Crippen MR) is 92.8 cm³/mol. The molecule has 128 valence electrons. The predicted octanol–water partition coefficient (Wildman–Crippen LogP) is 5.50. The van der Waals surface area contributed by atoms with E-state index in [1.807, 2.05) is 4.68 Å². The van der Waals surface area contributed by atoms with Gasteiger partial charge in [-0.05, 0) is 30.2 Å². The SMILES string of the molecule is CCCCCCCCCCCCCC(C)(CC)n1cnnn1. The van der Waals surface area contributed by atoms with Crippen LogP contribution in [0, 0.1) is 0 Å². The minimum Gasteiger partial charge on any atom is -0.227 e. The van der Waals surface area contributed by atoms with Crippen LogP contribution in [0.5, 0.6) is 0 Å². The molecule has 1 atom stereocenters. The highest BCUT2D eigenvalue weighted by Crippen LogP contribution is 2.26. The summed E-state index contributed by atoms with van der Waals surface area (Å²) in [6.45, 7) is 6.77. The number of nitrogens with zero attached hydrogens (tertiary/aromatic N) is 4. The molecule has 1 aromatic rings. The van der Waals surface area contributed by atoms with E-state index in [0.29, 0.717) is 0 Å². The standard InChI is InChI=1S/C18H36N4/c1-4-6-7-8-9-10-11-12-13-14-15-16-18(3,5-2)22-17-19-20-21-22/h17H,4-16H2,1-3H3. The van der Waals surface area contributed by atoms with Gasteiger partial charge in [0.2, 0.25) is 0 Å². The number of unbranched alkanes of at least 4 members (excludes halogenated alkanes) is 10. The van der Waals surface area contributed by atoms with Gasteiger partial charge in [-0.15, -0.1) is 5.10 Å². The van der Waals surface area contributed by atoms with Crippen LogP contribution in [0.25, 0.3) is 0 Å². The van der Waals surface area contributed by atoms with Gasteiger partial charge in [-0.3, -0.25) is 0 Å². The third-order valence-electron chi connectivity index (χ3n) is 4.98. The number of rotatable bonds is 14. The molecule has 0 amide bonds. The number of aromatic nitrogens is 4. The van der Waals surface area contributed by atoms with Gasteiger partial charge in [0.25, 0.3) is 0 Å². The minimum atomic E-state index is 0.0861. The van der Waals surface area contributed by atoms with E-state index in [1.54, 1.807) is 6.33 Å². The van der Waals surface area contributed by atoms with Crippen molar-refractivity contribution >= 4 is 0 Å². The summed E-state index contributed by atoms with van der Waals surface area (Å²) in [6, 6.07) is 0. The Hall–Kier alpha value is -0.930. The summed E-state index contributed by atoms with van der Waals surface area (Å²) in [7, 11) is 0. The van der Waals surface area contributed by atoms with Crippen LogP contribution in [0.1, 0.15) is 104 Å². The molecule has 0 aliphatic heterocycles. The van der Waals surface area contributed by atoms with Crippen molar-refractivity contribution in [2.45, 2.75) is 110 Å². The van der Waals surface area contributed by atoms with Crippen LogP contribution in [0.2, 0.25) is 0 Å². The Labute approximate surface area is 137 Å². The molecule has 4 nitrogen and oxygen atoms in total. The molecule has 4 heteroatoms. The number of hydrogen-bond donors (Lipinski definition) is 0. The van der Waals surface area contributed by atoms with Crippen molar-refractivity contribution in [1.82, 2.24) is 20.2 Å². The summed E-state index contributed by atoms with van der Waals surface area (Å²) in [4.78, 5) is 0. The molecule has 0 fully saturated rings. The van der Waals surface area contributed by atoms with Gasteiger partial charge in [0.15, 0.2) is 0 Å². The van der Waals surface area contributed by atoms with Crippen molar-refractivity contribution in [2.24, 2.45) is 0 Å². The van der Waals surface area contributed by atoms with Crippen molar-refractivity contribution in [3.05, 3.63) is 6.33 Å². The number of tetrazole rings is 1. The lowest BCUT2D eigenvalue weighted by molar-refractivity contribution is 0.239. The Balaban J connectivity index is 1.99. The van der Waals surface area contributed by atoms with Crippen molar-refractivity contribution in [3.8, 4) is 0 Å². The van der Waals surface area contributed by atoms with Gasteiger partial charge in [-0.25, -0.2) is 4.68 Å². The third-order valence-corrected chi connectivity index (χ3v) is 4.98. The highest BCUT2D eigenvalue weighted by atomic mass is 15.5. The van der Waals surface area contributed by atoms with Gasteiger partial charge in [-0.1, -0.05) is 84.5 Å². The molecule has 0 saturated heterocycles. The fourth-order valence-corrected chi connectivity index (χ4v) is 3.03. The van der Waals surface area contributed by atoms with Crippen LogP contribution in [0.3, 0.4) is 0 Å². The molecule has 0 radical (unpaired) electrons. The van der Waals surface area contributed by atoms with Gasteiger partial charge in [0, 0.05) is 0 Å². The first-order chi connectivity index (χ1) is 10.7. The van der Waals surface area contributed by atoms with Gasteiger partial charge < -0.3 is 0 Å². The molecule has 0 spiro atoms. The molecular formula is C18H36N4. The van der Waals surface area contributed by atoms with Crippen molar-refractivity contribution in [3.63, 3.8) is 0 Å². The average molecular weight is 309 g/mol. The minimum absolute atomic E-state index is 0.0861. The van der Waals surface area contributed by atoms with Crippen LogP contribution in [0.4, 0.5) is 0 Å². The van der Waals surface area contributed by atoms with Gasteiger partial charge in [0.05, 0.1) is 5.54 Å². The maximum absolute atomic E-state index is 4.08. The molecule has 1 heterocycles. The van der Waals surface area contributed by atoms with E-state index in [4.69, 9.17) is 0 Å². The quantitative estimate of drug-likeness (QED) is 0.426. The topological polar surface area (TPSA) is 43.6 Å². The van der Waals surface area contributed by atoms with Crippen LogP contribution >= 0.6 is 0 Å². The van der Waals surface area contributed by atoms with E-state index in [9.17, 15) is 0 Å². The Morgan fingerprint density at radius 1 is 0.818 bits per heavy atom. The molecule has 0 N–H and O–H groups in total. The van der Waals surface area contributed by atoms with Gasteiger partial charge >= 0.3 is 0 Å². The van der Waals surface area contributed by atoms with E-state index in [2.05, 4.69) is 36.3 Å². The molecule has 1 unspecified atom stereocenters. The molecule has 0 bridgehead atoms. The summed E-state index contributed by atoms with van der Waals surface area (Å²) in [6.07, 6.45) is 19.3. The smallest absolute Gasteiger partial charge is 0.138 e. The van der Waals surface area contributed by atoms with E-state index in [0.717, 1.165) is 6.42 Å². The highest BCUT2D eigenvalue weighted by molar-refractivity contribution is 4.78. The first kappa shape index (κ1) is 19.1. The lowest BCUT2D eigenvalue weighted by Crippen LogP contribution is -2.30. The van der Waals surface area contributed by atoms with E-state index < -0.39 is 0 Å². The monoisotopic (exact) mass is 308 g/mol. The Morgan fingerprint density at radius 2 is 1.36 bits per heavy atom. The van der Waals surface area contributed by atoms with E-state index in [1.165, 1.54) is 77.0 Å². The van der Waals surface area contributed by atoms with Crippen LogP contribution in [-0.4, -0.2) is 20.2 Å². The second-order valence-electron chi connectivity index (χ2n) is 6.89. The lowest BCUT2D eigenvalue weighted by Gasteiger charge is -2.27. The van der Waals surface area contributed by atoms with E-state index in [-0.39, 0.29) is 5.54 Å². The maximum Gasteiger partial charge on any atom is 0.138 e. The zero-order chi connectivity index (χ0) is 16.1. The summed E-state index contributed by atoms with van der Waals surface area (Å²) in [5.74, 6) is 0.